The Bertz CT molecular complexity index is 513. The van der Waals surface area contributed by atoms with Crippen molar-refractivity contribution in [2.24, 2.45) is 0 Å². The molecular formula is C14H19N3O4. The summed E-state index contributed by atoms with van der Waals surface area (Å²) in [5, 5.41) is 19.7. The molecule has 0 unspecified atom stereocenters. The van der Waals surface area contributed by atoms with Crippen LogP contribution < -0.4 is 0 Å². The van der Waals surface area contributed by atoms with E-state index in [2.05, 4.69) is 9.80 Å². The number of piperazine rings is 1. The average molecular weight is 293 g/mol. The highest BCUT2D eigenvalue weighted by Gasteiger charge is 2.20. The molecule has 1 aromatic carbocycles. The van der Waals surface area contributed by atoms with Crippen LogP contribution in [-0.4, -0.2) is 58.5 Å². The Hall–Kier alpha value is -1.99. The molecule has 114 valence electrons. The number of carbonyl (C=O) groups is 1. The molecule has 1 aliphatic rings. The minimum Gasteiger partial charge on any atom is -0.481 e. The third kappa shape index (κ3) is 4.51. The maximum atomic E-state index is 11.0. The number of benzene rings is 1. The number of carboxylic acid groups (broad SMARTS) is 1. The molecule has 0 bridgehead atoms. The molecule has 0 atom stereocenters. The predicted molar refractivity (Wildman–Crippen MR) is 77.1 cm³/mol. The number of nitro groups is 1. The van der Waals surface area contributed by atoms with Gasteiger partial charge in [-0.2, -0.15) is 0 Å². The van der Waals surface area contributed by atoms with Crippen LogP contribution in [0.2, 0.25) is 0 Å². The zero-order chi connectivity index (χ0) is 15.2. The van der Waals surface area contributed by atoms with Crippen LogP contribution in [0.3, 0.4) is 0 Å². The third-order valence-corrected chi connectivity index (χ3v) is 3.69. The second-order valence-electron chi connectivity index (χ2n) is 5.15. The highest BCUT2D eigenvalue weighted by atomic mass is 16.6. The molecule has 0 saturated carbocycles. The molecule has 0 amide bonds. The van der Waals surface area contributed by atoms with Gasteiger partial charge >= 0.3 is 5.97 Å². The molecule has 1 fully saturated rings. The van der Waals surface area contributed by atoms with Crippen LogP contribution in [0.5, 0.6) is 0 Å². The standard InChI is InChI=1S/C14H19N3O4/c18-14(19)5-6-15-7-9-16(10-8-15)11-12-3-1-2-4-13(12)17(20)21/h1-4H,5-11H2,(H,18,19). The number of nitro benzene ring substituents is 1. The maximum Gasteiger partial charge on any atom is 0.304 e. The molecule has 1 aromatic rings. The lowest BCUT2D eigenvalue weighted by atomic mass is 10.1. The topological polar surface area (TPSA) is 86.9 Å². The molecule has 7 nitrogen and oxygen atoms in total. The zero-order valence-corrected chi connectivity index (χ0v) is 11.8. The Balaban J connectivity index is 1.86. The summed E-state index contributed by atoms with van der Waals surface area (Å²) in [6.45, 7) is 4.32. The summed E-state index contributed by atoms with van der Waals surface area (Å²) >= 11 is 0. The van der Waals surface area contributed by atoms with Crippen molar-refractivity contribution in [2.45, 2.75) is 13.0 Å². The molecule has 0 spiro atoms. The van der Waals surface area contributed by atoms with E-state index in [4.69, 9.17) is 5.11 Å². The molecule has 0 radical (unpaired) electrons. The molecule has 1 heterocycles. The summed E-state index contributed by atoms with van der Waals surface area (Å²) in [6, 6.07) is 6.80. The predicted octanol–water partition coefficient (Wildman–Crippen LogP) is 1.19. The third-order valence-electron chi connectivity index (χ3n) is 3.69. The molecule has 21 heavy (non-hydrogen) atoms. The average Bonchev–Trinajstić information content (AvgIpc) is 2.47. The summed E-state index contributed by atoms with van der Waals surface area (Å²) in [5.41, 5.74) is 0.882. The first-order valence-corrected chi connectivity index (χ1v) is 6.95. The number of rotatable bonds is 6. The number of nitrogens with zero attached hydrogens (tertiary/aromatic N) is 3. The van der Waals surface area contributed by atoms with E-state index >= 15 is 0 Å². The highest BCUT2D eigenvalue weighted by molar-refractivity contribution is 5.66. The molecular weight excluding hydrogens is 274 g/mol. The van der Waals surface area contributed by atoms with Gasteiger partial charge in [-0.05, 0) is 0 Å². The van der Waals surface area contributed by atoms with Crippen molar-refractivity contribution < 1.29 is 14.8 Å². The lowest BCUT2D eigenvalue weighted by Crippen LogP contribution is -2.46. The fourth-order valence-electron chi connectivity index (χ4n) is 2.49. The summed E-state index contributed by atoms with van der Waals surface area (Å²) < 4.78 is 0. The van der Waals surface area contributed by atoms with Crippen molar-refractivity contribution in [1.82, 2.24) is 9.80 Å². The van der Waals surface area contributed by atoms with Crippen LogP contribution in [0.1, 0.15) is 12.0 Å². The SMILES string of the molecule is O=C(O)CCN1CCN(Cc2ccccc2[N+](=O)[O-])CC1. The Morgan fingerprint density at radius 2 is 1.81 bits per heavy atom. The molecule has 1 saturated heterocycles. The van der Waals surface area contributed by atoms with E-state index in [1.54, 1.807) is 12.1 Å². The molecule has 1 aliphatic heterocycles. The Kier molecular flexibility index (Phi) is 5.24. The normalized spacial score (nSPS) is 16.8. The van der Waals surface area contributed by atoms with Crippen LogP contribution in [0, 0.1) is 10.1 Å². The fourth-order valence-corrected chi connectivity index (χ4v) is 2.49. The minimum absolute atomic E-state index is 0.157. The second-order valence-corrected chi connectivity index (χ2v) is 5.15. The highest BCUT2D eigenvalue weighted by Crippen LogP contribution is 2.20. The van der Waals surface area contributed by atoms with Gasteiger partial charge in [0.05, 0.1) is 11.3 Å². The van der Waals surface area contributed by atoms with E-state index in [-0.39, 0.29) is 17.0 Å². The van der Waals surface area contributed by atoms with Gasteiger partial charge in [-0.3, -0.25) is 19.8 Å². The number of hydrogen-bond acceptors (Lipinski definition) is 5. The van der Waals surface area contributed by atoms with Gasteiger partial charge in [0, 0.05) is 50.9 Å². The first-order chi connectivity index (χ1) is 10.1. The van der Waals surface area contributed by atoms with Crippen molar-refractivity contribution >= 4 is 11.7 Å². The monoisotopic (exact) mass is 293 g/mol. The minimum atomic E-state index is -0.780. The van der Waals surface area contributed by atoms with E-state index in [9.17, 15) is 14.9 Å². The second kappa shape index (κ2) is 7.14. The van der Waals surface area contributed by atoms with Crippen LogP contribution >= 0.6 is 0 Å². The lowest BCUT2D eigenvalue weighted by molar-refractivity contribution is -0.385. The summed E-state index contributed by atoms with van der Waals surface area (Å²) in [7, 11) is 0. The largest absolute Gasteiger partial charge is 0.481 e. The number of aliphatic carboxylic acids is 1. The Morgan fingerprint density at radius 3 is 2.43 bits per heavy atom. The molecule has 2 rings (SSSR count). The molecule has 0 aromatic heterocycles. The van der Waals surface area contributed by atoms with Gasteiger partial charge in [0.25, 0.3) is 5.69 Å². The number of para-hydroxylation sites is 1. The van der Waals surface area contributed by atoms with E-state index in [0.717, 1.165) is 31.7 Å². The van der Waals surface area contributed by atoms with Gasteiger partial charge in [-0.25, -0.2) is 0 Å². The van der Waals surface area contributed by atoms with Gasteiger partial charge < -0.3 is 10.0 Å². The molecule has 7 heteroatoms. The maximum absolute atomic E-state index is 11.0. The van der Waals surface area contributed by atoms with Gasteiger partial charge in [0.2, 0.25) is 0 Å². The smallest absolute Gasteiger partial charge is 0.304 e. The van der Waals surface area contributed by atoms with Crippen molar-refractivity contribution in [3.05, 3.63) is 39.9 Å². The van der Waals surface area contributed by atoms with Gasteiger partial charge in [0.1, 0.15) is 0 Å². The molecule has 1 N–H and O–H groups in total. The van der Waals surface area contributed by atoms with Crippen molar-refractivity contribution in [3.63, 3.8) is 0 Å². The quantitative estimate of drug-likeness (QED) is 0.626. The fraction of sp³-hybridized carbons (Fsp3) is 0.500. The summed E-state index contributed by atoms with van der Waals surface area (Å²) in [4.78, 5) is 25.5. The van der Waals surface area contributed by atoms with Crippen LogP contribution in [0.25, 0.3) is 0 Å². The van der Waals surface area contributed by atoms with Gasteiger partial charge in [0.15, 0.2) is 0 Å². The van der Waals surface area contributed by atoms with E-state index in [0.29, 0.717) is 13.1 Å². The van der Waals surface area contributed by atoms with E-state index in [1.807, 2.05) is 6.07 Å². The van der Waals surface area contributed by atoms with Crippen LogP contribution in [0.15, 0.2) is 24.3 Å². The van der Waals surface area contributed by atoms with Crippen molar-refractivity contribution in [3.8, 4) is 0 Å². The summed E-state index contributed by atoms with van der Waals surface area (Å²) in [5.74, 6) is -0.780. The zero-order valence-electron chi connectivity index (χ0n) is 11.8. The first-order valence-electron chi connectivity index (χ1n) is 6.95. The van der Waals surface area contributed by atoms with Crippen molar-refractivity contribution in [1.29, 1.82) is 0 Å². The Morgan fingerprint density at radius 1 is 1.19 bits per heavy atom. The van der Waals surface area contributed by atoms with E-state index in [1.165, 1.54) is 6.07 Å². The summed E-state index contributed by atoms with van der Waals surface area (Å²) in [6.07, 6.45) is 0.157. The van der Waals surface area contributed by atoms with E-state index < -0.39 is 5.97 Å². The van der Waals surface area contributed by atoms with Gasteiger partial charge in [-0.1, -0.05) is 18.2 Å². The van der Waals surface area contributed by atoms with Crippen LogP contribution in [-0.2, 0) is 11.3 Å². The number of carboxylic acids is 1. The Labute approximate surface area is 122 Å². The lowest BCUT2D eigenvalue weighted by Gasteiger charge is -2.34. The first kappa shape index (κ1) is 15.4. The van der Waals surface area contributed by atoms with Crippen molar-refractivity contribution in [2.75, 3.05) is 32.7 Å². The number of hydrogen-bond donors (Lipinski definition) is 1. The van der Waals surface area contributed by atoms with Crippen LogP contribution in [0.4, 0.5) is 5.69 Å². The molecule has 0 aliphatic carbocycles. The van der Waals surface area contributed by atoms with Gasteiger partial charge in [-0.15, -0.1) is 0 Å².